The number of hydrogen-bond donors (Lipinski definition) is 0. The van der Waals surface area contributed by atoms with Crippen molar-refractivity contribution in [1.82, 2.24) is 24.6 Å². The molecule has 9 heteroatoms. The lowest BCUT2D eigenvalue weighted by Crippen LogP contribution is -2.51. The van der Waals surface area contributed by atoms with Gasteiger partial charge in [0.05, 0.1) is 11.4 Å². The van der Waals surface area contributed by atoms with Gasteiger partial charge < -0.3 is 9.80 Å². The number of carbonyl (C=O) groups is 2. The Morgan fingerprint density at radius 3 is 2.59 bits per heavy atom. The van der Waals surface area contributed by atoms with Crippen LogP contribution in [0.4, 0.5) is 0 Å². The highest BCUT2D eigenvalue weighted by molar-refractivity contribution is 7.99. The number of carbonyl (C=O) groups excluding carboxylic acids is 2. The summed E-state index contributed by atoms with van der Waals surface area (Å²) in [5.41, 5.74) is 0.856. The average molecular weight is 406 g/mol. The molecule has 7 nitrogen and oxygen atoms in total. The molecule has 4 rings (SSSR count). The second-order valence-electron chi connectivity index (χ2n) is 6.73. The molecule has 0 radical (unpaired) electrons. The SMILES string of the molecule is O=C(CSc1nncn1-c1cccc(Cl)c1)N1CCN(C(=O)C2CC2)CC1. The van der Waals surface area contributed by atoms with Gasteiger partial charge in [0.2, 0.25) is 11.8 Å². The van der Waals surface area contributed by atoms with Crippen LogP contribution in [0.5, 0.6) is 0 Å². The van der Waals surface area contributed by atoms with Crippen LogP contribution in [0, 0.1) is 5.92 Å². The van der Waals surface area contributed by atoms with Crippen LogP contribution in [0.3, 0.4) is 0 Å². The van der Waals surface area contributed by atoms with Crippen LogP contribution in [0.2, 0.25) is 5.02 Å². The Hall–Kier alpha value is -2.06. The van der Waals surface area contributed by atoms with E-state index in [0.717, 1.165) is 18.5 Å². The maximum atomic E-state index is 12.5. The summed E-state index contributed by atoms with van der Waals surface area (Å²) >= 11 is 7.40. The van der Waals surface area contributed by atoms with Gasteiger partial charge in [-0.2, -0.15) is 0 Å². The van der Waals surface area contributed by atoms with Gasteiger partial charge in [-0.3, -0.25) is 14.2 Å². The molecule has 0 atom stereocenters. The summed E-state index contributed by atoms with van der Waals surface area (Å²) in [6, 6.07) is 7.41. The van der Waals surface area contributed by atoms with Gasteiger partial charge in [0, 0.05) is 37.1 Å². The van der Waals surface area contributed by atoms with Gasteiger partial charge in [-0.15, -0.1) is 10.2 Å². The highest BCUT2D eigenvalue weighted by atomic mass is 35.5. The molecule has 2 fully saturated rings. The number of thioether (sulfide) groups is 1. The number of amides is 2. The Balaban J connectivity index is 1.31. The van der Waals surface area contributed by atoms with E-state index in [2.05, 4.69) is 10.2 Å². The van der Waals surface area contributed by atoms with Crippen molar-refractivity contribution in [2.45, 2.75) is 18.0 Å². The maximum absolute atomic E-state index is 12.5. The summed E-state index contributed by atoms with van der Waals surface area (Å²) in [6.07, 6.45) is 3.64. The monoisotopic (exact) mass is 405 g/mol. The van der Waals surface area contributed by atoms with E-state index in [-0.39, 0.29) is 23.5 Å². The van der Waals surface area contributed by atoms with Crippen LogP contribution in [0.1, 0.15) is 12.8 Å². The molecule has 0 bridgehead atoms. The molecule has 1 aromatic heterocycles. The lowest BCUT2D eigenvalue weighted by Gasteiger charge is -2.34. The van der Waals surface area contributed by atoms with E-state index in [1.807, 2.05) is 32.6 Å². The fourth-order valence-electron chi connectivity index (χ4n) is 3.11. The van der Waals surface area contributed by atoms with E-state index in [4.69, 9.17) is 11.6 Å². The maximum Gasteiger partial charge on any atom is 0.233 e. The topological polar surface area (TPSA) is 71.3 Å². The lowest BCUT2D eigenvalue weighted by atomic mass is 10.2. The largest absolute Gasteiger partial charge is 0.339 e. The van der Waals surface area contributed by atoms with E-state index in [9.17, 15) is 9.59 Å². The molecular formula is C18H20ClN5O2S. The second kappa shape index (κ2) is 7.90. The fourth-order valence-corrected chi connectivity index (χ4v) is 4.12. The van der Waals surface area contributed by atoms with Crippen molar-refractivity contribution in [3.05, 3.63) is 35.6 Å². The molecule has 27 heavy (non-hydrogen) atoms. The van der Waals surface area contributed by atoms with Crippen molar-refractivity contribution in [2.75, 3.05) is 31.9 Å². The summed E-state index contributed by atoms with van der Waals surface area (Å²) in [5, 5.41) is 9.34. The minimum atomic E-state index is 0.0548. The van der Waals surface area contributed by atoms with Crippen molar-refractivity contribution in [3.63, 3.8) is 0 Å². The zero-order valence-electron chi connectivity index (χ0n) is 14.8. The fraction of sp³-hybridized carbons (Fsp3) is 0.444. The molecule has 1 aliphatic heterocycles. The summed E-state index contributed by atoms with van der Waals surface area (Å²) in [6.45, 7) is 2.45. The van der Waals surface area contributed by atoms with Gasteiger partial charge in [-0.1, -0.05) is 29.4 Å². The number of halogens is 1. The Morgan fingerprint density at radius 1 is 1.15 bits per heavy atom. The van der Waals surface area contributed by atoms with Gasteiger partial charge in [0.1, 0.15) is 6.33 Å². The molecule has 2 aliphatic rings. The summed E-state index contributed by atoms with van der Waals surface area (Å²) in [5.74, 6) is 0.835. The molecular weight excluding hydrogens is 386 g/mol. The van der Waals surface area contributed by atoms with Crippen molar-refractivity contribution in [1.29, 1.82) is 0 Å². The van der Waals surface area contributed by atoms with Crippen LogP contribution in [-0.4, -0.2) is 68.3 Å². The molecule has 2 heterocycles. The molecule has 0 spiro atoms. The molecule has 1 aromatic carbocycles. The quantitative estimate of drug-likeness (QED) is 0.712. The van der Waals surface area contributed by atoms with Gasteiger partial charge in [-0.25, -0.2) is 0 Å². The molecule has 2 aromatic rings. The normalized spacial score (nSPS) is 17.2. The van der Waals surface area contributed by atoms with E-state index in [1.165, 1.54) is 11.8 Å². The minimum absolute atomic E-state index is 0.0548. The first-order valence-electron chi connectivity index (χ1n) is 8.97. The number of piperazine rings is 1. The van der Waals surface area contributed by atoms with Gasteiger partial charge >= 0.3 is 0 Å². The van der Waals surface area contributed by atoms with Crippen molar-refractivity contribution < 1.29 is 9.59 Å². The Bertz CT molecular complexity index is 846. The third-order valence-electron chi connectivity index (χ3n) is 4.80. The second-order valence-corrected chi connectivity index (χ2v) is 8.11. The lowest BCUT2D eigenvalue weighted by molar-refractivity contribution is -0.139. The molecule has 142 valence electrons. The number of hydrogen-bond acceptors (Lipinski definition) is 5. The van der Waals surface area contributed by atoms with Crippen molar-refractivity contribution in [2.24, 2.45) is 5.92 Å². The first kappa shape index (κ1) is 18.3. The summed E-state index contributed by atoms with van der Waals surface area (Å²) in [4.78, 5) is 28.4. The predicted octanol–water partition coefficient (Wildman–Crippen LogP) is 2.09. The summed E-state index contributed by atoms with van der Waals surface area (Å²) in [7, 11) is 0. The van der Waals surface area contributed by atoms with Crippen molar-refractivity contribution >= 4 is 35.2 Å². The standard InChI is InChI=1S/C18H20ClN5O2S/c19-14-2-1-3-15(10-14)24-12-20-21-18(24)27-11-16(25)22-6-8-23(9-7-22)17(26)13-4-5-13/h1-3,10,12-13H,4-9,11H2. The molecule has 1 saturated heterocycles. The third kappa shape index (κ3) is 4.27. The van der Waals surface area contributed by atoms with Crippen molar-refractivity contribution in [3.8, 4) is 5.69 Å². The molecule has 2 amide bonds. The van der Waals surface area contributed by atoms with Crippen LogP contribution >= 0.6 is 23.4 Å². The van der Waals surface area contributed by atoms with E-state index in [1.54, 1.807) is 12.4 Å². The van der Waals surface area contributed by atoms with Crippen LogP contribution in [-0.2, 0) is 9.59 Å². The van der Waals surface area contributed by atoms with E-state index in [0.29, 0.717) is 36.4 Å². The predicted molar refractivity (Wildman–Crippen MR) is 103 cm³/mol. The van der Waals surface area contributed by atoms with Crippen LogP contribution < -0.4 is 0 Å². The molecule has 0 unspecified atom stereocenters. The molecule has 1 aliphatic carbocycles. The van der Waals surface area contributed by atoms with Gasteiger partial charge in [-0.05, 0) is 31.0 Å². The number of aromatic nitrogens is 3. The van der Waals surface area contributed by atoms with E-state index >= 15 is 0 Å². The first-order valence-corrected chi connectivity index (χ1v) is 10.3. The van der Waals surface area contributed by atoms with Gasteiger partial charge in [0.25, 0.3) is 0 Å². The van der Waals surface area contributed by atoms with Gasteiger partial charge in [0.15, 0.2) is 5.16 Å². The smallest absolute Gasteiger partial charge is 0.233 e. The number of nitrogens with zero attached hydrogens (tertiary/aromatic N) is 5. The number of benzene rings is 1. The van der Waals surface area contributed by atoms with Crippen LogP contribution in [0.25, 0.3) is 5.69 Å². The Kier molecular flexibility index (Phi) is 5.36. The third-order valence-corrected chi connectivity index (χ3v) is 5.96. The van der Waals surface area contributed by atoms with Crippen LogP contribution in [0.15, 0.2) is 35.7 Å². The molecule has 1 saturated carbocycles. The average Bonchev–Trinajstić information content (AvgIpc) is 3.43. The summed E-state index contributed by atoms with van der Waals surface area (Å²) < 4.78 is 1.82. The zero-order valence-corrected chi connectivity index (χ0v) is 16.3. The Labute approximate surface area is 166 Å². The highest BCUT2D eigenvalue weighted by Crippen LogP contribution is 2.31. The van der Waals surface area contributed by atoms with E-state index < -0.39 is 0 Å². The highest BCUT2D eigenvalue weighted by Gasteiger charge is 2.35. The minimum Gasteiger partial charge on any atom is -0.339 e. The zero-order chi connectivity index (χ0) is 18.8. The first-order chi connectivity index (χ1) is 13.1. The number of rotatable bonds is 5. The Morgan fingerprint density at radius 2 is 1.89 bits per heavy atom. The molecule has 0 N–H and O–H groups in total.